The SMILES string of the molecule is O=C1Nc2ccccc2C(CO)(c2ccccc2)N=C1C(=O)c1cccs1. The highest BCUT2D eigenvalue weighted by Gasteiger charge is 2.41. The van der Waals surface area contributed by atoms with Gasteiger partial charge in [-0.05, 0) is 23.1 Å². The number of aliphatic hydroxyl groups excluding tert-OH is 1. The number of Topliss-reactive ketones (excluding diaryl/α,β-unsaturated/α-hetero) is 1. The summed E-state index contributed by atoms with van der Waals surface area (Å²) in [7, 11) is 0. The van der Waals surface area contributed by atoms with E-state index < -0.39 is 17.2 Å². The zero-order valence-electron chi connectivity index (χ0n) is 14.3. The third-order valence-electron chi connectivity index (χ3n) is 4.58. The third kappa shape index (κ3) is 2.89. The van der Waals surface area contributed by atoms with Gasteiger partial charge in [-0.3, -0.25) is 14.6 Å². The van der Waals surface area contributed by atoms with Crippen molar-refractivity contribution >= 4 is 34.4 Å². The number of fused-ring (bicyclic) bond motifs is 1. The topological polar surface area (TPSA) is 78.8 Å². The molecule has 0 saturated heterocycles. The molecule has 134 valence electrons. The van der Waals surface area contributed by atoms with Crippen molar-refractivity contribution in [2.45, 2.75) is 5.54 Å². The zero-order chi connectivity index (χ0) is 18.9. The maximum atomic E-state index is 12.9. The number of carbonyl (C=O) groups is 2. The average molecular weight is 376 g/mol. The molecule has 1 atom stereocenters. The number of aliphatic hydroxyl groups is 1. The molecule has 0 fully saturated rings. The summed E-state index contributed by atoms with van der Waals surface area (Å²) in [6.45, 7) is -0.385. The van der Waals surface area contributed by atoms with Crippen LogP contribution in [-0.4, -0.2) is 29.1 Å². The monoisotopic (exact) mass is 376 g/mol. The van der Waals surface area contributed by atoms with E-state index in [0.717, 1.165) is 0 Å². The molecule has 0 radical (unpaired) electrons. The summed E-state index contributed by atoms with van der Waals surface area (Å²) in [5, 5.41) is 15.0. The Bertz CT molecular complexity index is 1030. The Hall–Kier alpha value is -3.09. The van der Waals surface area contributed by atoms with E-state index in [2.05, 4.69) is 10.3 Å². The molecule has 27 heavy (non-hydrogen) atoms. The average Bonchev–Trinajstić information content (AvgIpc) is 3.21. The van der Waals surface area contributed by atoms with Gasteiger partial charge in [0.15, 0.2) is 5.71 Å². The number of ketones is 1. The molecule has 4 rings (SSSR count). The molecule has 1 aliphatic heterocycles. The molecule has 0 bridgehead atoms. The lowest BCUT2D eigenvalue weighted by Gasteiger charge is -2.29. The van der Waals surface area contributed by atoms with Crippen LogP contribution in [-0.2, 0) is 10.3 Å². The molecule has 1 amide bonds. The lowest BCUT2D eigenvalue weighted by Crippen LogP contribution is -2.34. The number of carbonyl (C=O) groups excluding carboxylic acids is 2. The van der Waals surface area contributed by atoms with Crippen LogP contribution in [0.15, 0.2) is 77.1 Å². The second-order valence-corrected chi connectivity index (χ2v) is 7.10. The molecule has 1 aliphatic rings. The smallest absolute Gasteiger partial charge is 0.278 e. The molecule has 6 heteroatoms. The van der Waals surface area contributed by atoms with Crippen molar-refractivity contribution in [1.82, 2.24) is 0 Å². The first-order valence-electron chi connectivity index (χ1n) is 8.41. The predicted octanol–water partition coefficient (Wildman–Crippen LogP) is 3.26. The van der Waals surface area contributed by atoms with E-state index in [0.29, 0.717) is 21.7 Å². The van der Waals surface area contributed by atoms with E-state index in [4.69, 9.17) is 0 Å². The van der Waals surface area contributed by atoms with Gasteiger partial charge in [0.05, 0.1) is 11.5 Å². The first-order valence-corrected chi connectivity index (χ1v) is 9.29. The number of aliphatic imine (C=N–C) groups is 1. The molecule has 2 heterocycles. The molecule has 0 aliphatic carbocycles. The minimum absolute atomic E-state index is 0.216. The summed E-state index contributed by atoms with van der Waals surface area (Å²) in [4.78, 5) is 30.8. The molecule has 1 aromatic heterocycles. The van der Waals surface area contributed by atoms with Crippen molar-refractivity contribution in [3.8, 4) is 0 Å². The van der Waals surface area contributed by atoms with E-state index in [1.807, 2.05) is 36.4 Å². The lowest BCUT2D eigenvalue weighted by molar-refractivity contribution is -0.110. The van der Waals surface area contributed by atoms with Gasteiger partial charge in [0.25, 0.3) is 5.91 Å². The number of nitrogens with one attached hydrogen (secondary N) is 1. The minimum Gasteiger partial charge on any atom is -0.393 e. The molecule has 1 unspecified atom stereocenters. The van der Waals surface area contributed by atoms with Crippen LogP contribution in [0.5, 0.6) is 0 Å². The first kappa shape index (κ1) is 17.3. The van der Waals surface area contributed by atoms with E-state index in [-0.39, 0.29) is 12.3 Å². The molecule has 0 spiro atoms. The van der Waals surface area contributed by atoms with Crippen molar-refractivity contribution in [3.05, 3.63) is 88.1 Å². The Balaban J connectivity index is 1.99. The lowest BCUT2D eigenvalue weighted by atomic mass is 9.83. The Morgan fingerprint density at radius 3 is 2.48 bits per heavy atom. The maximum Gasteiger partial charge on any atom is 0.278 e. The van der Waals surface area contributed by atoms with Gasteiger partial charge in [-0.2, -0.15) is 0 Å². The highest BCUT2D eigenvalue weighted by molar-refractivity contribution is 7.13. The molecule has 2 N–H and O–H groups in total. The van der Waals surface area contributed by atoms with E-state index in [9.17, 15) is 14.7 Å². The van der Waals surface area contributed by atoms with Crippen LogP contribution < -0.4 is 5.32 Å². The number of benzene rings is 2. The van der Waals surface area contributed by atoms with Crippen LogP contribution in [0.25, 0.3) is 0 Å². The molecule has 2 aromatic carbocycles. The molecular weight excluding hydrogens is 360 g/mol. The van der Waals surface area contributed by atoms with Gasteiger partial charge < -0.3 is 10.4 Å². The Labute approximate surface area is 160 Å². The van der Waals surface area contributed by atoms with E-state index in [1.165, 1.54) is 11.3 Å². The van der Waals surface area contributed by atoms with Gasteiger partial charge in [-0.1, -0.05) is 54.6 Å². The standard InChI is InChI=1S/C21H16N2O3S/c24-13-21(14-7-2-1-3-8-14)15-9-4-5-10-16(15)22-20(26)18(23-21)19(25)17-11-6-12-27-17/h1-12,24H,13H2,(H,22,26). The van der Waals surface area contributed by atoms with Gasteiger partial charge in [-0.15, -0.1) is 11.3 Å². The van der Waals surface area contributed by atoms with E-state index >= 15 is 0 Å². The summed E-state index contributed by atoms with van der Waals surface area (Å²) >= 11 is 1.25. The fraction of sp³-hybridized carbons (Fsp3) is 0.0952. The quantitative estimate of drug-likeness (QED) is 0.686. The van der Waals surface area contributed by atoms with Gasteiger partial charge in [-0.25, -0.2) is 0 Å². The molecule has 5 nitrogen and oxygen atoms in total. The normalized spacial score (nSPS) is 18.9. The third-order valence-corrected chi connectivity index (χ3v) is 5.45. The summed E-state index contributed by atoms with van der Waals surface area (Å²) in [6, 6.07) is 19.8. The van der Waals surface area contributed by atoms with Gasteiger partial charge in [0, 0.05) is 11.3 Å². The zero-order valence-corrected chi connectivity index (χ0v) is 15.1. The van der Waals surface area contributed by atoms with Crippen LogP contribution in [0, 0.1) is 0 Å². The second kappa shape index (κ2) is 6.90. The number of thiophene rings is 1. The molecular formula is C21H16N2O3S. The Kier molecular flexibility index (Phi) is 4.43. The first-order chi connectivity index (χ1) is 13.2. The number of para-hydroxylation sites is 1. The van der Waals surface area contributed by atoms with Crippen molar-refractivity contribution < 1.29 is 14.7 Å². The van der Waals surface area contributed by atoms with Crippen molar-refractivity contribution in [2.75, 3.05) is 11.9 Å². The Morgan fingerprint density at radius 2 is 1.78 bits per heavy atom. The maximum absolute atomic E-state index is 12.9. The van der Waals surface area contributed by atoms with Gasteiger partial charge in [0.1, 0.15) is 5.54 Å². The van der Waals surface area contributed by atoms with Crippen LogP contribution in [0.4, 0.5) is 5.69 Å². The summed E-state index contributed by atoms with van der Waals surface area (Å²) < 4.78 is 0. The van der Waals surface area contributed by atoms with Crippen LogP contribution in [0.3, 0.4) is 0 Å². The predicted molar refractivity (Wildman–Crippen MR) is 105 cm³/mol. The molecule has 0 saturated carbocycles. The number of hydrogen-bond donors (Lipinski definition) is 2. The van der Waals surface area contributed by atoms with Gasteiger partial charge in [0.2, 0.25) is 5.78 Å². The van der Waals surface area contributed by atoms with E-state index in [1.54, 1.807) is 35.7 Å². The van der Waals surface area contributed by atoms with Crippen molar-refractivity contribution in [1.29, 1.82) is 0 Å². The fourth-order valence-electron chi connectivity index (χ4n) is 3.26. The largest absolute Gasteiger partial charge is 0.393 e. The number of hydrogen-bond acceptors (Lipinski definition) is 5. The second-order valence-electron chi connectivity index (χ2n) is 6.15. The van der Waals surface area contributed by atoms with Gasteiger partial charge >= 0.3 is 0 Å². The summed E-state index contributed by atoms with van der Waals surface area (Å²) in [6.07, 6.45) is 0. The number of nitrogens with zero attached hydrogens (tertiary/aromatic N) is 1. The fourth-order valence-corrected chi connectivity index (χ4v) is 3.92. The van der Waals surface area contributed by atoms with Crippen LogP contribution >= 0.6 is 11.3 Å². The van der Waals surface area contributed by atoms with Crippen molar-refractivity contribution in [2.24, 2.45) is 4.99 Å². The minimum atomic E-state index is -1.25. The van der Waals surface area contributed by atoms with Crippen molar-refractivity contribution in [3.63, 3.8) is 0 Å². The number of rotatable bonds is 4. The highest BCUT2D eigenvalue weighted by Crippen LogP contribution is 2.39. The molecule has 3 aromatic rings. The Morgan fingerprint density at radius 1 is 1.04 bits per heavy atom. The number of anilines is 1. The summed E-state index contributed by atoms with van der Waals surface area (Å²) in [5.41, 5.74) is 0.401. The number of amides is 1. The highest BCUT2D eigenvalue weighted by atomic mass is 32.1. The summed E-state index contributed by atoms with van der Waals surface area (Å²) in [5.74, 6) is -1.03. The van der Waals surface area contributed by atoms with Crippen LogP contribution in [0.1, 0.15) is 20.8 Å². The van der Waals surface area contributed by atoms with Crippen LogP contribution in [0.2, 0.25) is 0 Å².